The van der Waals surface area contributed by atoms with Crippen LogP contribution in [0.25, 0.3) is 0 Å². The summed E-state index contributed by atoms with van der Waals surface area (Å²) < 4.78 is 0. The van der Waals surface area contributed by atoms with Crippen molar-refractivity contribution in [2.24, 2.45) is 0 Å². The third-order valence-electron chi connectivity index (χ3n) is 3.99. The Balaban J connectivity index is 1.91. The smallest absolute Gasteiger partial charge is 0.253 e. The predicted octanol–water partition coefficient (Wildman–Crippen LogP) is 1.43. The summed E-state index contributed by atoms with van der Waals surface area (Å²) in [5.41, 5.74) is 1.56. The van der Waals surface area contributed by atoms with Gasteiger partial charge in [-0.05, 0) is 11.6 Å². The second-order valence-corrected chi connectivity index (χ2v) is 6.49. The zero-order chi connectivity index (χ0) is 14.1. The van der Waals surface area contributed by atoms with E-state index in [-0.39, 0.29) is 17.7 Å². The quantitative estimate of drug-likeness (QED) is 0.785. The molecular weight excluding hydrogens is 272 g/mol. The highest BCUT2D eigenvalue weighted by Gasteiger charge is 2.35. The van der Waals surface area contributed by atoms with Gasteiger partial charge in [-0.2, -0.15) is 11.8 Å². The minimum atomic E-state index is -0.211. The number of benzene rings is 1. The number of carbonyl (C=O) groups is 2. The zero-order valence-electron chi connectivity index (χ0n) is 11.5. The van der Waals surface area contributed by atoms with E-state index in [9.17, 15) is 9.59 Å². The van der Waals surface area contributed by atoms with Crippen LogP contribution in [0.3, 0.4) is 0 Å². The van der Waals surface area contributed by atoms with Crippen LogP contribution in [-0.4, -0.2) is 59.8 Å². The van der Waals surface area contributed by atoms with Crippen LogP contribution in [-0.2, 0) is 4.79 Å². The molecular formula is C15H18N2O2S. The molecule has 0 saturated carbocycles. The van der Waals surface area contributed by atoms with Crippen molar-refractivity contribution >= 4 is 23.6 Å². The monoisotopic (exact) mass is 290 g/mol. The number of fused-ring (bicyclic) bond motifs is 1. The normalized spacial score (nSPS) is 22.6. The Morgan fingerprint density at radius 3 is 2.70 bits per heavy atom. The van der Waals surface area contributed by atoms with Crippen molar-refractivity contribution in [1.29, 1.82) is 0 Å². The van der Waals surface area contributed by atoms with Gasteiger partial charge >= 0.3 is 0 Å². The van der Waals surface area contributed by atoms with Gasteiger partial charge in [-0.3, -0.25) is 9.59 Å². The van der Waals surface area contributed by atoms with Gasteiger partial charge in [0.1, 0.15) is 0 Å². The lowest BCUT2D eigenvalue weighted by atomic mass is 9.88. The summed E-state index contributed by atoms with van der Waals surface area (Å²) in [6.07, 6.45) is 0. The molecule has 1 aromatic carbocycles. The van der Waals surface area contributed by atoms with Crippen molar-refractivity contribution in [1.82, 2.24) is 9.80 Å². The van der Waals surface area contributed by atoms with E-state index >= 15 is 0 Å². The number of hydrogen-bond acceptors (Lipinski definition) is 3. The molecule has 2 aliphatic heterocycles. The van der Waals surface area contributed by atoms with Crippen LogP contribution in [0, 0.1) is 0 Å². The molecule has 2 amide bonds. The Bertz CT molecular complexity index is 540. The average Bonchev–Trinajstić information content (AvgIpc) is 2.51. The molecule has 4 nitrogen and oxygen atoms in total. The lowest BCUT2D eigenvalue weighted by molar-refractivity contribution is -0.132. The van der Waals surface area contributed by atoms with E-state index in [1.165, 1.54) is 0 Å². The van der Waals surface area contributed by atoms with Crippen LogP contribution >= 0.6 is 11.8 Å². The van der Waals surface area contributed by atoms with Gasteiger partial charge in [0.05, 0.1) is 5.92 Å². The van der Waals surface area contributed by atoms with Gasteiger partial charge in [-0.1, -0.05) is 18.2 Å². The lowest BCUT2D eigenvalue weighted by Crippen LogP contribution is -2.47. The van der Waals surface area contributed by atoms with Gasteiger partial charge < -0.3 is 9.80 Å². The molecule has 0 N–H and O–H groups in total. The highest BCUT2D eigenvalue weighted by molar-refractivity contribution is 7.99. The summed E-state index contributed by atoms with van der Waals surface area (Å²) in [5.74, 6) is 1.98. The van der Waals surface area contributed by atoms with Gasteiger partial charge in [-0.25, -0.2) is 0 Å². The van der Waals surface area contributed by atoms with Crippen molar-refractivity contribution in [3.63, 3.8) is 0 Å². The second-order valence-electron chi connectivity index (χ2n) is 5.26. The largest absolute Gasteiger partial charge is 0.341 e. The maximum Gasteiger partial charge on any atom is 0.253 e. The molecule has 106 valence electrons. The first-order chi connectivity index (χ1) is 9.68. The Labute approximate surface area is 123 Å². The zero-order valence-corrected chi connectivity index (χ0v) is 12.4. The Morgan fingerprint density at radius 2 is 1.95 bits per heavy atom. The third kappa shape index (κ3) is 2.30. The Hall–Kier alpha value is -1.49. The van der Waals surface area contributed by atoms with Crippen molar-refractivity contribution in [2.75, 3.05) is 38.2 Å². The summed E-state index contributed by atoms with van der Waals surface area (Å²) in [6.45, 7) is 2.12. The minimum absolute atomic E-state index is 0.0128. The van der Waals surface area contributed by atoms with Crippen LogP contribution in [0.4, 0.5) is 0 Å². The standard InChI is InChI=1S/C15H18N2O2S/c1-16-10-13(15(19)17-6-8-20-9-7-17)11-4-2-3-5-12(11)14(16)18/h2-5,13H,6-10H2,1H3. The molecule has 0 aliphatic carbocycles. The highest BCUT2D eigenvalue weighted by atomic mass is 32.2. The van der Waals surface area contributed by atoms with E-state index < -0.39 is 0 Å². The van der Waals surface area contributed by atoms with Gasteiger partial charge in [0.2, 0.25) is 5.91 Å². The van der Waals surface area contributed by atoms with Crippen LogP contribution < -0.4 is 0 Å². The first-order valence-corrected chi connectivity index (χ1v) is 8.05. The van der Waals surface area contributed by atoms with Gasteiger partial charge in [0, 0.05) is 43.8 Å². The number of likely N-dealkylation sites (N-methyl/N-ethyl adjacent to an activating group) is 1. The number of rotatable bonds is 1. The molecule has 1 saturated heterocycles. The molecule has 1 atom stereocenters. The van der Waals surface area contributed by atoms with E-state index in [0.717, 1.165) is 30.2 Å². The topological polar surface area (TPSA) is 40.6 Å². The van der Waals surface area contributed by atoms with Crippen LogP contribution in [0.15, 0.2) is 24.3 Å². The molecule has 0 spiro atoms. The SMILES string of the molecule is CN1CC(C(=O)N2CCSCC2)c2ccccc2C1=O. The third-order valence-corrected chi connectivity index (χ3v) is 4.93. The fourth-order valence-electron chi connectivity index (χ4n) is 2.87. The maximum atomic E-state index is 12.7. The van der Waals surface area contributed by atoms with Crippen molar-refractivity contribution in [3.05, 3.63) is 35.4 Å². The first-order valence-electron chi connectivity index (χ1n) is 6.89. The second kappa shape index (κ2) is 5.48. The number of nitrogens with zero attached hydrogens (tertiary/aromatic N) is 2. The number of amides is 2. The van der Waals surface area contributed by atoms with Crippen LogP contribution in [0.2, 0.25) is 0 Å². The number of carbonyl (C=O) groups excluding carboxylic acids is 2. The lowest BCUT2D eigenvalue weighted by Gasteiger charge is -2.35. The Morgan fingerprint density at radius 1 is 1.25 bits per heavy atom. The van der Waals surface area contributed by atoms with E-state index in [2.05, 4.69) is 0 Å². The summed E-state index contributed by atoms with van der Waals surface area (Å²) in [6, 6.07) is 7.50. The molecule has 3 rings (SSSR count). The summed E-state index contributed by atoms with van der Waals surface area (Å²) in [5, 5.41) is 0. The summed E-state index contributed by atoms with van der Waals surface area (Å²) in [7, 11) is 1.77. The molecule has 1 aromatic rings. The summed E-state index contributed by atoms with van der Waals surface area (Å²) >= 11 is 1.89. The molecule has 2 heterocycles. The number of thioether (sulfide) groups is 1. The van der Waals surface area contributed by atoms with Gasteiger partial charge in [0.25, 0.3) is 5.91 Å². The molecule has 0 radical (unpaired) electrons. The molecule has 5 heteroatoms. The highest BCUT2D eigenvalue weighted by Crippen LogP contribution is 2.29. The summed E-state index contributed by atoms with van der Waals surface area (Å²) in [4.78, 5) is 28.5. The van der Waals surface area contributed by atoms with Crippen molar-refractivity contribution < 1.29 is 9.59 Å². The molecule has 1 unspecified atom stereocenters. The van der Waals surface area contributed by atoms with Crippen LogP contribution in [0.5, 0.6) is 0 Å². The maximum absolute atomic E-state index is 12.7. The van der Waals surface area contributed by atoms with E-state index in [1.54, 1.807) is 11.9 Å². The molecule has 0 aromatic heterocycles. The molecule has 0 bridgehead atoms. The fraction of sp³-hybridized carbons (Fsp3) is 0.467. The van der Waals surface area contributed by atoms with Crippen molar-refractivity contribution in [2.45, 2.75) is 5.92 Å². The molecule has 1 fully saturated rings. The van der Waals surface area contributed by atoms with Crippen molar-refractivity contribution in [3.8, 4) is 0 Å². The fourth-order valence-corrected chi connectivity index (χ4v) is 3.77. The number of hydrogen-bond donors (Lipinski definition) is 0. The Kier molecular flexibility index (Phi) is 3.70. The van der Waals surface area contributed by atoms with E-state index in [1.807, 2.05) is 40.9 Å². The van der Waals surface area contributed by atoms with E-state index in [0.29, 0.717) is 12.1 Å². The molecule has 2 aliphatic rings. The van der Waals surface area contributed by atoms with E-state index in [4.69, 9.17) is 0 Å². The predicted molar refractivity (Wildman–Crippen MR) is 80.0 cm³/mol. The molecule has 20 heavy (non-hydrogen) atoms. The van der Waals surface area contributed by atoms with Gasteiger partial charge in [0.15, 0.2) is 0 Å². The minimum Gasteiger partial charge on any atom is -0.341 e. The first kappa shape index (κ1) is 13.5. The van der Waals surface area contributed by atoms with Crippen LogP contribution in [0.1, 0.15) is 21.8 Å². The average molecular weight is 290 g/mol. The van der Waals surface area contributed by atoms with Gasteiger partial charge in [-0.15, -0.1) is 0 Å².